The number of hydrogen-bond donors (Lipinski definition) is 0. The second kappa shape index (κ2) is 5.74. The van der Waals surface area contributed by atoms with Gasteiger partial charge in [-0.1, -0.05) is 39.7 Å². The third kappa shape index (κ3) is 2.98. The molecule has 19 heavy (non-hydrogen) atoms. The summed E-state index contributed by atoms with van der Waals surface area (Å²) < 4.78 is 18.8. The number of ether oxygens (including phenoxy) is 1. The predicted molar refractivity (Wildman–Crippen MR) is 79.6 cm³/mol. The summed E-state index contributed by atoms with van der Waals surface area (Å²) in [6, 6.07) is 10.8. The number of methoxy groups -OCH3 is 1. The molecule has 1 atom stereocenters. The van der Waals surface area contributed by atoms with Gasteiger partial charge in [-0.2, -0.15) is 0 Å². The van der Waals surface area contributed by atoms with E-state index >= 15 is 0 Å². The highest BCUT2D eigenvalue weighted by atomic mass is 79.9. The zero-order valence-corrected chi connectivity index (χ0v) is 12.8. The molecule has 0 saturated heterocycles. The van der Waals surface area contributed by atoms with Crippen molar-refractivity contribution < 1.29 is 9.13 Å². The molecule has 2 aromatic carbocycles. The molecule has 100 valence electrons. The zero-order chi connectivity index (χ0) is 14.0. The first-order valence-electron chi connectivity index (χ1n) is 6.07. The van der Waals surface area contributed by atoms with Crippen molar-refractivity contribution >= 4 is 15.9 Å². The first kappa shape index (κ1) is 14.1. The Bertz CT molecular complexity index is 595. The lowest BCUT2D eigenvalue weighted by Crippen LogP contribution is -2.00. The average Bonchev–Trinajstić information content (AvgIpc) is 2.40. The minimum Gasteiger partial charge on any atom is -0.496 e. The maximum atomic E-state index is 13.5. The highest BCUT2D eigenvalue weighted by Crippen LogP contribution is 2.38. The van der Waals surface area contributed by atoms with Crippen LogP contribution in [0.4, 0.5) is 4.39 Å². The van der Waals surface area contributed by atoms with Gasteiger partial charge in [0.2, 0.25) is 0 Å². The van der Waals surface area contributed by atoms with Gasteiger partial charge in [-0.3, -0.25) is 0 Å². The van der Waals surface area contributed by atoms with Crippen molar-refractivity contribution in [3.63, 3.8) is 0 Å². The van der Waals surface area contributed by atoms with Crippen molar-refractivity contribution in [3.8, 4) is 5.75 Å². The van der Waals surface area contributed by atoms with Crippen LogP contribution in [0.2, 0.25) is 0 Å². The van der Waals surface area contributed by atoms with Crippen LogP contribution in [0.25, 0.3) is 0 Å². The molecule has 2 rings (SSSR count). The molecule has 0 aromatic heterocycles. The van der Waals surface area contributed by atoms with Gasteiger partial charge < -0.3 is 4.74 Å². The van der Waals surface area contributed by atoms with Crippen LogP contribution in [0.3, 0.4) is 0 Å². The van der Waals surface area contributed by atoms with E-state index in [-0.39, 0.29) is 10.6 Å². The van der Waals surface area contributed by atoms with Gasteiger partial charge in [-0.15, -0.1) is 0 Å². The minimum absolute atomic E-state index is 0.0851. The fourth-order valence-electron chi connectivity index (χ4n) is 2.10. The summed E-state index contributed by atoms with van der Waals surface area (Å²) in [4.78, 5) is -0.0851. The molecule has 0 saturated carbocycles. The van der Waals surface area contributed by atoms with Gasteiger partial charge in [0.15, 0.2) is 0 Å². The number of benzene rings is 2. The fraction of sp³-hybridized carbons (Fsp3) is 0.250. The molecule has 1 unspecified atom stereocenters. The van der Waals surface area contributed by atoms with Crippen LogP contribution in [0.5, 0.6) is 5.75 Å². The minimum atomic E-state index is -0.259. The number of rotatable bonds is 3. The SMILES string of the molecule is COc1ccc(F)cc1C(Br)c1cc(C)ccc1C. The Balaban J connectivity index is 2.51. The molecule has 0 aliphatic carbocycles. The Morgan fingerprint density at radius 3 is 2.47 bits per heavy atom. The average molecular weight is 323 g/mol. The fourth-order valence-corrected chi connectivity index (χ4v) is 2.95. The number of halogens is 2. The van der Waals surface area contributed by atoms with Crippen LogP contribution in [-0.2, 0) is 0 Å². The number of alkyl halides is 1. The van der Waals surface area contributed by atoms with Gasteiger partial charge in [0, 0.05) is 5.56 Å². The molecule has 0 fully saturated rings. The Labute approximate surface area is 121 Å². The third-order valence-electron chi connectivity index (χ3n) is 3.17. The van der Waals surface area contributed by atoms with Crippen LogP contribution >= 0.6 is 15.9 Å². The first-order valence-corrected chi connectivity index (χ1v) is 6.99. The lowest BCUT2D eigenvalue weighted by molar-refractivity contribution is 0.409. The summed E-state index contributed by atoms with van der Waals surface area (Å²) >= 11 is 3.66. The van der Waals surface area contributed by atoms with E-state index < -0.39 is 0 Å². The van der Waals surface area contributed by atoms with E-state index in [4.69, 9.17) is 4.74 Å². The van der Waals surface area contributed by atoms with Crippen molar-refractivity contribution in [2.45, 2.75) is 18.7 Å². The summed E-state index contributed by atoms with van der Waals surface area (Å²) in [5, 5.41) is 0. The maximum Gasteiger partial charge on any atom is 0.123 e. The second-order valence-corrected chi connectivity index (χ2v) is 5.52. The van der Waals surface area contributed by atoms with E-state index in [1.165, 1.54) is 23.3 Å². The van der Waals surface area contributed by atoms with E-state index in [2.05, 4.69) is 41.1 Å². The summed E-state index contributed by atoms with van der Waals surface area (Å²) in [5.41, 5.74) is 4.28. The van der Waals surface area contributed by atoms with Crippen molar-refractivity contribution in [2.24, 2.45) is 0 Å². The van der Waals surface area contributed by atoms with Gasteiger partial charge in [-0.25, -0.2) is 4.39 Å². The molecule has 0 aliphatic heterocycles. The molecule has 3 heteroatoms. The highest BCUT2D eigenvalue weighted by Gasteiger charge is 2.18. The molecule has 0 N–H and O–H groups in total. The van der Waals surface area contributed by atoms with Gasteiger partial charge in [-0.05, 0) is 43.2 Å². The molecule has 1 nitrogen and oxygen atoms in total. The number of hydrogen-bond acceptors (Lipinski definition) is 1. The van der Waals surface area contributed by atoms with E-state index in [1.54, 1.807) is 13.2 Å². The molecular weight excluding hydrogens is 307 g/mol. The Morgan fingerprint density at radius 2 is 1.79 bits per heavy atom. The predicted octanol–water partition coefficient (Wildman–Crippen LogP) is 4.94. The quantitative estimate of drug-likeness (QED) is 0.727. The van der Waals surface area contributed by atoms with Gasteiger partial charge in [0.1, 0.15) is 11.6 Å². The van der Waals surface area contributed by atoms with Crippen LogP contribution < -0.4 is 4.74 Å². The summed E-state index contributed by atoms with van der Waals surface area (Å²) in [7, 11) is 1.60. The van der Waals surface area contributed by atoms with Gasteiger partial charge in [0.05, 0.1) is 11.9 Å². The third-order valence-corrected chi connectivity index (χ3v) is 4.16. The maximum absolute atomic E-state index is 13.5. The van der Waals surface area contributed by atoms with Crippen molar-refractivity contribution in [3.05, 3.63) is 64.5 Å². The Morgan fingerprint density at radius 1 is 1.05 bits per heavy atom. The standard InChI is InChI=1S/C16H16BrFO/c1-10-4-5-11(2)13(8-10)16(17)14-9-12(18)6-7-15(14)19-3/h4-9,16H,1-3H3. The molecule has 0 radical (unpaired) electrons. The van der Waals surface area contributed by atoms with Gasteiger partial charge >= 0.3 is 0 Å². The lowest BCUT2D eigenvalue weighted by Gasteiger charge is -2.17. The van der Waals surface area contributed by atoms with E-state index in [0.29, 0.717) is 5.75 Å². The Kier molecular flexibility index (Phi) is 4.25. The lowest BCUT2D eigenvalue weighted by atomic mass is 9.98. The molecule has 0 bridgehead atoms. The normalized spacial score (nSPS) is 12.3. The van der Waals surface area contributed by atoms with Crippen LogP contribution in [-0.4, -0.2) is 7.11 Å². The van der Waals surface area contributed by atoms with E-state index in [9.17, 15) is 4.39 Å². The molecular formula is C16H16BrFO. The topological polar surface area (TPSA) is 9.23 Å². The van der Waals surface area contributed by atoms with Crippen molar-refractivity contribution in [1.82, 2.24) is 0 Å². The molecule has 0 spiro atoms. The summed E-state index contributed by atoms with van der Waals surface area (Å²) in [6.07, 6.45) is 0. The number of aryl methyl sites for hydroxylation is 2. The summed E-state index contributed by atoms with van der Waals surface area (Å²) in [5.74, 6) is 0.426. The van der Waals surface area contributed by atoms with E-state index in [1.807, 2.05) is 6.92 Å². The molecule has 0 heterocycles. The largest absolute Gasteiger partial charge is 0.496 e. The molecule has 0 amide bonds. The van der Waals surface area contributed by atoms with Crippen molar-refractivity contribution in [2.75, 3.05) is 7.11 Å². The molecule has 0 aliphatic rings. The monoisotopic (exact) mass is 322 g/mol. The molecule has 2 aromatic rings. The highest BCUT2D eigenvalue weighted by molar-refractivity contribution is 9.09. The van der Waals surface area contributed by atoms with Crippen LogP contribution in [0, 0.1) is 19.7 Å². The zero-order valence-electron chi connectivity index (χ0n) is 11.2. The van der Waals surface area contributed by atoms with Crippen molar-refractivity contribution in [1.29, 1.82) is 0 Å². The van der Waals surface area contributed by atoms with Crippen LogP contribution in [0.1, 0.15) is 27.1 Å². The smallest absolute Gasteiger partial charge is 0.123 e. The van der Waals surface area contributed by atoms with Gasteiger partial charge in [0.25, 0.3) is 0 Å². The van der Waals surface area contributed by atoms with Crippen LogP contribution in [0.15, 0.2) is 36.4 Å². The van der Waals surface area contributed by atoms with E-state index in [0.717, 1.165) is 11.1 Å². The first-order chi connectivity index (χ1) is 9.02. The Hall–Kier alpha value is -1.35. The second-order valence-electron chi connectivity index (χ2n) is 4.61. The summed E-state index contributed by atoms with van der Waals surface area (Å²) in [6.45, 7) is 4.10.